The summed E-state index contributed by atoms with van der Waals surface area (Å²) in [6.45, 7) is 4.07. The van der Waals surface area contributed by atoms with Crippen LogP contribution in [-0.4, -0.2) is 29.7 Å². The number of hydrogen-bond donors (Lipinski definition) is 0. The van der Waals surface area contributed by atoms with Crippen molar-refractivity contribution in [2.24, 2.45) is 0 Å². The molecule has 3 aromatic rings. The van der Waals surface area contributed by atoms with Crippen molar-refractivity contribution in [3.63, 3.8) is 0 Å². The molecular weight excluding hydrogens is 406 g/mol. The van der Waals surface area contributed by atoms with Gasteiger partial charge in [-0.15, -0.1) is 11.8 Å². The van der Waals surface area contributed by atoms with Crippen molar-refractivity contribution in [2.75, 3.05) is 4.90 Å². The molecule has 1 amide bonds. The van der Waals surface area contributed by atoms with Crippen molar-refractivity contribution in [1.29, 1.82) is 0 Å². The smallest absolute Gasteiger partial charge is 0.250 e. The molecule has 4 nitrogen and oxygen atoms in total. The fourth-order valence-electron chi connectivity index (χ4n) is 3.76. The minimum absolute atomic E-state index is 0.0299. The second-order valence-electron chi connectivity index (χ2n) is 7.69. The van der Waals surface area contributed by atoms with Gasteiger partial charge < -0.3 is 9.47 Å². The topological polar surface area (TPSA) is 38.8 Å². The number of carbonyl (C=O) groups is 1. The summed E-state index contributed by atoms with van der Waals surface area (Å²) in [6, 6.07) is 29.4. The van der Waals surface area contributed by atoms with Crippen LogP contribution in [0.15, 0.2) is 95.9 Å². The maximum absolute atomic E-state index is 14.1. The van der Waals surface area contributed by atoms with E-state index < -0.39 is 11.5 Å². The second-order valence-corrected chi connectivity index (χ2v) is 8.91. The zero-order chi connectivity index (χ0) is 21.6. The van der Waals surface area contributed by atoms with E-state index in [4.69, 9.17) is 9.47 Å². The van der Waals surface area contributed by atoms with E-state index in [0.29, 0.717) is 0 Å². The Bertz CT molecular complexity index is 918. The van der Waals surface area contributed by atoms with Gasteiger partial charge in [0.05, 0.1) is 12.2 Å². The molecule has 1 aliphatic heterocycles. The van der Waals surface area contributed by atoms with Crippen LogP contribution in [0.3, 0.4) is 0 Å². The third-order valence-corrected chi connectivity index (χ3v) is 6.36. The molecule has 0 spiro atoms. The van der Waals surface area contributed by atoms with Gasteiger partial charge in [-0.3, -0.25) is 9.69 Å². The Kier molecular flexibility index (Phi) is 7.07. The second kappa shape index (κ2) is 10.1. The number of benzene rings is 3. The summed E-state index contributed by atoms with van der Waals surface area (Å²) >= 11 is 1.48. The lowest BCUT2D eigenvalue weighted by Gasteiger charge is -2.38. The predicted octanol–water partition coefficient (Wildman–Crippen LogP) is 6.05. The minimum Gasteiger partial charge on any atom is -0.348 e. The van der Waals surface area contributed by atoms with Crippen LogP contribution >= 0.6 is 11.8 Å². The number of ether oxygens (including phenoxy) is 2. The lowest BCUT2D eigenvalue weighted by Crippen LogP contribution is -2.48. The summed E-state index contributed by atoms with van der Waals surface area (Å²) < 4.78 is 12.3. The maximum atomic E-state index is 14.1. The Hall–Kier alpha value is -2.60. The lowest BCUT2D eigenvalue weighted by molar-refractivity contribution is -0.231. The molecule has 1 fully saturated rings. The molecule has 0 aliphatic carbocycles. The van der Waals surface area contributed by atoms with Crippen molar-refractivity contribution in [3.05, 3.63) is 91.0 Å². The Morgan fingerprint density at radius 2 is 1.26 bits per heavy atom. The maximum Gasteiger partial charge on any atom is 0.250 e. The van der Waals surface area contributed by atoms with Gasteiger partial charge in [0, 0.05) is 16.3 Å². The lowest BCUT2D eigenvalue weighted by atomic mass is 10.1. The van der Waals surface area contributed by atoms with Crippen molar-refractivity contribution >= 4 is 29.0 Å². The zero-order valence-electron chi connectivity index (χ0n) is 17.8. The van der Waals surface area contributed by atoms with Crippen molar-refractivity contribution in [2.45, 2.75) is 48.9 Å². The van der Waals surface area contributed by atoms with Gasteiger partial charge in [0.2, 0.25) is 5.91 Å². The molecule has 0 N–H and O–H groups in total. The van der Waals surface area contributed by atoms with Gasteiger partial charge in [-0.1, -0.05) is 54.6 Å². The standard InChI is InChI=1S/C26H27NO3S/c1-19-18-20(2)30-26(29-19)24(31-23-16-10-5-11-17-23)25(28)27(21-12-6-3-7-13-21)22-14-8-4-9-15-22/h3-17,19-20,24,26H,18H2,1-2H3/t19-,20-,24?/m1/s1. The number of amides is 1. The Labute approximate surface area is 188 Å². The van der Waals surface area contributed by atoms with Crippen LogP contribution in [0.25, 0.3) is 0 Å². The molecule has 1 unspecified atom stereocenters. The van der Waals surface area contributed by atoms with E-state index in [2.05, 4.69) is 0 Å². The Balaban J connectivity index is 1.73. The molecule has 0 aromatic heterocycles. The molecule has 0 bridgehead atoms. The van der Waals surface area contributed by atoms with Crippen molar-refractivity contribution in [1.82, 2.24) is 0 Å². The normalized spacial score (nSPS) is 21.9. The SMILES string of the molecule is C[C@@H]1C[C@@H](C)OC(C(Sc2ccccc2)C(=O)N(c2ccccc2)c2ccccc2)O1. The van der Waals surface area contributed by atoms with Crippen molar-refractivity contribution in [3.8, 4) is 0 Å². The quantitative estimate of drug-likeness (QED) is 0.444. The summed E-state index contributed by atoms with van der Waals surface area (Å²) in [4.78, 5) is 16.9. The third-order valence-electron chi connectivity index (χ3n) is 5.14. The molecule has 1 aliphatic rings. The van der Waals surface area contributed by atoms with Crippen molar-refractivity contribution < 1.29 is 14.3 Å². The van der Waals surface area contributed by atoms with E-state index >= 15 is 0 Å². The van der Waals surface area contributed by atoms with Crippen LogP contribution in [0.2, 0.25) is 0 Å². The highest BCUT2D eigenvalue weighted by Gasteiger charge is 2.39. The average molecular weight is 434 g/mol. The average Bonchev–Trinajstić information content (AvgIpc) is 2.79. The summed E-state index contributed by atoms with van der Waals surface area (Å²) in [6.07, 6.45) is 0.241. The summed E-state index contributed by atoms with van der Waals surface area (Å²) in [5.74, 6) is -0.0717. The third kappa shape index (κ3) is 5.37. The van der Waals surface area contributed by atoms with Crippen LogP contribution in [0.1, 0.15) is 20.3 Å². The number of para-hydroxylation sites is 2. The molecule has 3 atom stereocenters. The molecule has 31 heavy (non-hydrogen) atoms. The Morgan fingerprint density at radius 1 is 0.806 bits per heavy atom. The number of anilines is 2. The molecular formula is C26H27NO3S. The molecule has 3 aromatic carbocycles. The first-order valence-electron chi connectivity index (χ1n) is 10.6. The summed E-state index contributed by atoms with van der Waals surface area (Å²) in [5, 5.41) is -0.562. The van der Waals surface area contributed by atoms with Gasteiger partial charge in [-0.25, -0.2) is 0 Å². The highest BCUT2D eigenvalue weighted by atomic mass is 32.2. The number of hydrogen-bond acceptors (Lipinski definition) is 4. The highest BCUT2D eigenvalue weighted by Crippen LogP contribution is 2.36. The van der Waals surface area contributed by atoms with Crippen LogP contribution in [0.5, 0.6) is 0 Å². The largest absolute Gasteiger partial charge is 0.348 e. The molecule has 1 heterocycles. The van der Waals surface area contributed by atoms with Gasteiger partial charge in [-0.05, 0) is 56.7 Å². The van der Waals surface area contributed by atoms with Crippen LogP contribution < -0.4 is 4.90 Å². The minimum atomic E-state index is -0.633. The van der Waals surface area contributed by atoms with Gasteiger partial charge in [-0.2, -0.15) is 0 Å². The molecule has 1 saturated heterocycles. The van der Waals surface area contributed by atoms with Gasteiger partial charge in [0.25, 0.3) is 0 Å². The highest BCUT2D eigenvalue weighted by molar-refractivity contribution is 8.00. The molecule has 4 rings (SSSR count). The number of thioether (sulfide) groups is 1. The molecule has 0 radical (unpaired) electrons. The number of carbonyl (C=O) groups excluding carboxylic acids is 1. The first-order valence-corrected chi connectivity index (χ1v) is 11.5. The molecule has 5 heteroatoms. The fraction of sp³-hybridized carbons (Fsp3) is 0.269. The van der Waals surface area contributed by atoms with Gasteiger partial charge in [0.15, 0.2) is 6.29 Å². The molecule has 160 valence electrons. The Morgan fingerprint density at radius 3 is 1.74 bits per heavy atom. The first kappa shape index (κ1) is 21.6. The van der Waals surface area contributed by atoms with E-state index in [0.717, 1.165) is 22.7 Å². The zero-order valence-corrected chi connectivity index (χ0v) is 18.6. The number of nitrogens with zero attached hydrogens (tertiary/aromatic N) is 1. The van der Waals surface area contributed by atoms with Crippen LogP contribution in [0, 0.1) is 0 Å². The number of rotatable bonds is 6. The monoisotopic (exact) mass is 433 g/mol. The summed E-state index contributed by atoms with van der Waals surface area (Å²) in [7, 11) is 0. The summed E-state index contributed by atoms with van der Waals surface area (Å²) in [5.41, 5.74) is 1.63. The van der Waals surface area contributed by atoms with E-state index in [9.17, 15) is 4.79 Å². The van der Waals surface area contributed by atoms with Gasteiger partial charge >= 0.3 is 0 Å². The van der Waals surface area contributed by atoms with Crippen LogP contribution in [-0.2, 0) is 14.3 Å². The molecule has 0 saturated carbocycles. The van der Waals surface area contributed by atoms with Crippen LogP contribution in [0.4, 0.5) is 11.4 Å². The fourth-order valence-corrected chi connectivity index (χ4v) is 4.82. The van der Waals surface area contributed by atoms with E-state index in [-0.39, 0.29) is 18.1 Å². The van der Waals surface area contributed by atoms with E-state index in [1.54, 1.807) is 4.90 Å². The van der Waals surface area contributed by atoms with Gasteiger partial charge in [0.1, 0.15) is 5.25 Å². The predicted molar refractivity (Wildman–Crippen MR) is 126 cm³/mol. The first-order chi connectivity index (χ1) is 15.1. The van der Waals surface area contributed by atoms with E-state index in [1.165, 1.54) is 11.8 Å². The van der Waals surface area contributed by atoms with E-state index in [1.807, 2.05) is 105 Å².